The minimum absolute atomic E-state index is 0.00836. The molecule has 0 aliphatic carbocycles. The van der Waals surface area contributed by atoms with E-state index in [2.05, 4.69) is 43.5 Å². The highest BCUT2D eigenvalue weighted by Crippen LogP contribution is 2.38. The van der Waals surface area contributed by atoms with Crippen molar-refractivity contribution in [2.24, 2.45) is 0 Å². The van der Waals surface area contributed by atoms with E-state index in [4.69, 9.17) is 9.05 Å². The van der Waals surface area contributed by atoms with E-state index in [0.29, 0.717) is 23.9 Å². The van der Waals surface area contributed by atoms with E-state index in [-0.39, 0.29) is 19.1 Å². The third kappa shape index (κ3) is 46.8. The topological polar surface area (TPSA) is 108 Å². The monoisotopic (exact) mass is 883 g/mol. The first-order chi connectivity index (χ1) is 29.5. The maximum Gasteiger partial charge on any atom is 0.268 e. The number of likely N-dealkylation sites (N-methyl/N-ethyl adjacent to an activating group) is 1. The molecule has 3 atom stereocenters. The highest BCUT2D eigenvalue weighted by Gasteiger charge is 2.24. The van der Waals surface area contributed by atoms with E-state index < -0.39 is 20.0 Å². The van der Waals surface area contributed by atoms with Crippen LogP contribution in [0.15, 0.2) is 24.3 Å². The number of phosphoric acid groups is 1. The summed E-state index contributed by atoms with van der Waals surface area (Å²) < 4.78 is 23.3. The second kappa shape index (κ2) is 44.2. The molecule has 362 valence electrons. The van der Waals surface area contributed by atoms with E-state index in [0.717, 1.165) is 44.9 Å². The van der Waals surface area contributed by atoms with Crippen LogP contribution in [0.5, 0.6) is 0 Å². The number of phosphoric ester groups is 1. The zero-order valence-electron chi connectivity index (χ0n) is 41.1. The van der Waals surface area contributed by atoms with Gasteiger partial charge < -0.3 is 28.8 Å². The molecule has 2 N–H and O–H groups in total. The maximum absolute atomic E-state index is 12.9. The Balaban J connectivity index is 4.23. The summed E-state index contributed by atoms with van der Waals surface area (Å²) in [5.41, 5.74) is 0. The Morgan fingerprint density at radius 1 is 0.557 bits per heavy atom. The standard InChI is InChI=1S/C52H103N2O6P/c1-6-8-10-12-14-16-18-20-22-24-25-26-27-28-29-30-32-34-36-38-40-42-44-46-52(56)53-50(49-60-61(57,58)59-48-47-54(3,4)5)51(55)45-43-41-39-37-35-33-31-23-21-19-17-15-13-11-9-7-2/h20,22,35,37,50-51,55H,6-19,21,23-34,36,38-49H2,1-5H3,(H-,53,56,57,58)/b22-20+,37-35+/t50-,51+/m0/s1. The Morgan fingerprint density at radius 2 is 0.902 bits per heavy atom. The average Bonchev–Trinajstić information content (AvgIpc) is 3.21. The van der Waals surface area contributed by atoms with Crippen molar-refractivity contribution in [2.75, 3.05) is 40.9 Å². The molecule has 9 heteroatoms. The van der Waals surface area contributed by atoms with E-state index >= 15 is 0 Å². The smallest absolute Gasteiger partial charge is 0.268 e. The van der Waals surface area contributed by atoms with Crippen LogP contribution in [0.25, 0.3) is 0 Å². The predicted octanol–water partition coefficient (Wildman–Crippen LogP) is 14.6. The van der Waals surface area contributed by atoms with Crippen LogP contribution >= 0.6 is 7.82 Å². The van der Waals surface area contributed by atoms with Crippen LogP contribution in [0.2, 0.25) is 0 Å². The Kier molecular flexibility index (Phi) is 43.5. The molecule has 0 aliphatic rings. The van der Waals surface area contributed by atoms with Gasteiger partial charge in [-0.15, -0.1) is 0 Å². The first-order valence-electron chi connectivity index (χ1n) is 26.2. The van der Waals surface area contributed by atoms with Crippen LogP contribution in [-0.4, -0.2) is 68.5 Å². The van der Waals surface area contributed by atoms with Crippen molar-refractivity contribution in [3.05, 3.63) is 24.3 Å². The third-order valence-electron chi connectivity index (χ3n) is 11.9. The van der Waals surface area contributed by atoms with Crippen LogP contribution in [0, 0.1) is 0 Å². The molecule has 0 saturated carbocycles. The number of aliphatic hydroxyl groups is 1. The van der Waals surface area contributed by atoms with Gasteiger partial charge in [-0.1, -0.05) is 205 Å². The van der Waals surface area contributed by atoms with Gasteiger partial charge in [0, 0.05) is 6.42 Å². The summed E-state index contributed by atoms with van der Waals surface area (Å²) >= 11 is 0. The van der Waals surface area contributed by atoms with Gasteiger partial charge in [0.1, 0.15) is 13.2 Å². The molecule has 0 rings (SSSR count). The maximum atomic E-state index is 12.9. The number of nitrogens with one attached hydrogen (secondary N) is 1. The molecule has 0 aromatic heterocycles. The number of carbonyl (C=O) groups is 1. The number of unbranched alkanes of at least 4 members (excludes halogenated alkanes) is 31. The first-order valence-corrected chi connectivity index (χ1v) is 27.6. The minimum atomic E-state index is -4.57. The summed E-state index contributed by atoms with van der Waals surface area (Å²) in [7, 11) is 1.29. The van der Waals surface area contributed by atoms with Crippen molar-refractivity contribution < 1.29 is 32.9 Å². The average molecular weight is 883 g/mol. The molecule has 0 radical (unpaired) electrons. The second-order valence-corrected chi connectivity index (χ2v) is 20.6. The molecule has 8 nitrogen and oxygen atoms in total. The summed E-state index contributed by atoms with van der Waals surface area (Å²) in [5.74, 6) is -0.172. The van der Waals surface area contributed by atoms with Crippen molar-refractivity contribution in [1.82, 2.24) is 5.32 Å². The van der Waals surface area contributed by atoms with E-state index in [1.807, 2.05) is 21.1 Å². The Morgan fingerprint density at radius 3 is 1.28 bits per heavy atom. The highest BCUT2D eigenvalue weighted by atomic mass is 31.2. The highest BCUT2D eigenvalue weighted by molar-refractivity contribution is 7.45. The van der Waals surface area contributed by atoms with Crippen LogP contribution in [-0.2, 0) is 18.4 Å². The summed E-state index contributed by atoms with van der Waals surface area (Å²) in [5, 5.41) is 13.9. The number of aliphatic hydroxyl groups excluding tert-OH is 1. The molecular formula is C52H103N2O6P. The van der Waals surface area contributed by atoms with Gasteiger partial charge in [0.15, 0.2) is 0 Å². The van der Waals surface area contributed by atoms with Crippen LogP contribution in [0.4, 0.5) is 0 Å². The van der Waals surface area contributed by atoms with Crippen molar-refractivity contribution in [3.8, 4) is 0 Å². The van der Waals surface area contributed by atoms with Crippen molar-refractivity contribution in [3.63, 3.8) is 0 Å². The fourth-order valence-corrected chi connectivity index (χ4v) is 8.46. The summed E-state index contributed by atoms with van der Waals surface area (Å²) in [6, 6.07) is -0.814. The zero-order chi connectivity index (χ0) is 45.0. The third-order valence-corrected chi connectivity index (χ3v) is 12.9. The number of allylic oxidation sites excluding steroid dienone is 4. The lowest BCUT2D eigenvalue weighted by Gasteiger charge is -2.30. The number of quaternary nitrogens is 1. The second-order valence-electron chi connectivity index (χ2n) is 19.2. The van der Waals surface area contributed by atoms with Crippen LogP contribution < -0.4 is 10.2 Å². The molecule has 0 aromatic rings. The molecule has 1 unspecified atom stereocenters. The lowest BCUT2D eigenvalue weighted by Crippen LogP contribution is -2.46. The fourth-order valence-electron chi connectivity index (χ4n) is 7.74. The number of rotatable bonds is 48. The number of hydrogen-bond acceptors (Lipinski definition) is 6. The minimum Gasteiger partial charge on any atom is -0.756 e. The number of carbonyl (C=O) groups excluding carboxylic acids is 1. The molecule has 0 fully saturated rings. The quantitative estimate of drug-likeness (QED) is 0.0273. The van der Waals surface area contributed by atoms with Gasteiger partial charge in [0.25, 0.3) is 7.82 Å². The van der Waals surface area contributed by atoms with Gasteiger partial charge in [-0.3, -0.25) is 9.36 Å². The van der Waals surface area contributed by atoms with Crippen molar-refractivity contribution in [2.45, 2.75) is 264 Å². The molecule has 0 heterocycles. The number of amides is 1. The first kappa shape index (κ1) is 60.0. The lowest BCUT2D eigenvalue weighted by atomic mass is 10.0. The summed E-state index contributed by atoms with van der Waals surface area (Å²) in [6.45, 7) is 4.72. The Labute approximate surface area is 379 Å². The molecule has 0 saturated heterocycles. The van der Waals surface area contributed by atoms with Gasteiger partial charge in [0.2, 0.25) is 5.91 Å². The van der Waals surface area contributed by atoms with E-state index in [1.54, 1.807) is 0 Å². The summed E-state index contributed by atoms with van der Waals surface area (Å²) in [6.07, 6.45) is 53.4. The van der Waals surface area contributed by atoms with Crippen LogP contribution in [0.3, 0.4) is 0 Å². The molecule has 0 spiro atoms. The largest absolute Gasteiger partial charge is 0.756 e. The van der Waals surface area contributed by atoms with Gasteiger partial charge >= 0.3 is 0 Å². The van der Waals surface area contributed by atoms with Gasteiger partial charge in [-0.25, -0.2) is 0 Å². The normalized spacial score (nSPS) is 14.3. The molecule has 1 amide bonds. The van der Waals surface area contributed by atoms with Gasteiger partial charge in [0.05, 0.1) is 39.9 Å². The molecule has 0 aliphatic heterocycles. The van der Waals surface area contributed by atoms with Crippen molar-refractivity contribution >= 4 is 13.7 Å². The molecular weight excluding hydrogens is 780 g/mol. The van der Waals surface area contributed by atoms with Crippen LogP contribution in [0.1, 0.15) is 251 Å². The fraction of sp³-hybridized carbons (Fsp3) is 0.904. The zero-order valence-corrected chi connectivity index (χ0v) is 42.0. The van der Waals surface area contributed by atoms with Gasteiger partial charge in [-0.05, 0) is 64.2 Å². The SMILES string of the molecule is CCCCCCCC/C=C/CCCCCCCCCCCCCCCC(=O)N[C@@H](COP(=O)([O-])OCC[N+](C)(C)C)[C@H](O)CCCC/C=C/CCCCCCCCCCCC. The number of nitrogens with zero attached hydrogens (tertiary/aromatic N) is 1. The Hall–Kier alpha value is -1.02. The van der Waals surface area contributed by atoms with Gasteiger partial charge in [-0.2, -0.15) is 0 Å². The lowest BCUT2D eigenvalue weighted by molar-refractivity contribution is -0.870. The Bertz CT molecular complexity index is 1050. The molecule has 0 bridgehead atoms. The van der Waals surface area contributed by atoms with E-state index in [9.17, 15) is 19.4 Å². The number of hydrogen-bond donors (Lipinski definition) is 2. The van der Waals surface area contributed by atoms with E-state index in [1.165, 1.54) is 180 Å². The molecule has 61 heavy (non-hydrogen) atoms. The van der Waals surface area contributed by atoms with Crippen molar-refractivity contribution in [1.29, 1.82) is 0 Å². The summed E-state index contributed by atoms with van der Waals surface area (Å²) in [4.78, 5) is 25.4. The molecule has 0 aromatic carbocycles. The predicted molar refractivity (Wildman–Crippen MR) is 261 cm³/mol.